The van der Waals surface area contributed by atoms with E-state index >= 15 is 0 Å². The lowest BCUT2D eigenvalue weighted by Gasteiger charge is -2.40. The Morgan fingerprint density at radius 2 is 2.06 bits per heavy atom. The number of hydrogen-bond donors (Lipinski definition) is 1. The van der Waals surface area contributed by atoms with Gasteiger partial charge in [-0.05, 0) is 25.4 Å². The third-order valence-electron chi connectivity index (χ3n) is 3.08. The molecule has 1 saturated heterocycles. The average Bonchev–Trinajstić information content (AvgIpc) is 2.16. The Balaban J connectivity index is 2.53. The molecule has 1 fully saturated rings. The van der Waals surface area contributed by atoms with Gasteiger partial charge in [0.05, 0.1) is 6.61 Å². The zero-order valence-corrected chi connectivity index (χ0v) is 11.5. The van der Waals surface area contributed by atoms with Gasteiger partial charge in [-0.15, -0.1) is 0 Å². The summed E-state index contributed by atoms with van der Waals surface area (Å²) in [6, 6.07) is 1.11. The summed E-state index contributed by atoms with van der Waals surface area (Å²) in [5, 5.41) is 3.58. The first-order chi connectivity index (χ1) is 7.44. The molecule has 0 spiro atoms. The van der Waals surface area contributed by atoms with Crippen molar-refractivity contribution in [2.24, 2.45) is 5.41 Å². The van der Waals surface area contributed by atoms with E-state index < -0.39 is 0 Å². The molecule has 1 aliphatic heterocycles. The van der Waals surface area contributed by atoms with Gasteiger partial charge in [-0.1, -0.05) is 27.7 Å². The van der Waals surface area contributed by atoms with Crippen molar-refractivity contribution in [1.29, 1.82) is 0 Å². The van der Waals surface area contributed by atoms with Crippen molar-refractivity contribution >= 4 is 0 Å². The van der Waals surface area contributed by atoms with E-state index in [0.29, 0.717) is 17.5 Å². The molecule has 0 aliphatic carbocycles. The van der Waals surface area contributed by atoms with Gasteiger partial charge in [0.1, 0.15) is 0 Å². The lowest BCUT2D eigenvalue weighted by atomic mass is 9.93. The summed E-state index contributed by atoms with van der Waals surface area (Å²) in [5.41, 5.74) is 0.350. The van der Waals surface area contributed by atoms with Crippen LogP contribution >= 0.6 is 0 Å². The highest BCUT2D eigenvalue weighted by Crippen LogP contribution is 2.19. The molecule has 0 amide bonds. The quantitative estimate of drug-likeness (QED) is 0.793. The SMILES string of the molecule is CCNC1CCOCC1N(C)CC(C)(C)C. The highest BCUT2D eigenvalue weighted by atomic mass is 16.5. The van der Waals surface area contributed by atoms with E-state index in [4.69, 9.17) is 4.74 Å². The molecule has 2 atom stereocenters. The molecule has 1 rings (SSSR count). The van der Waals surface area contributed by atoms with Crippen LogP contribution in [0, 0.1) is 5.41 Å². The second kappa shape index (κ2) is 5.99. The van der Waals surface area contributed by atoms with Crippen LogP contribution in [0.15, 0.2) is 0 Å². The van der Waals surface area contributed by atoms with Gasteiger partial charge in [0.2, 0.25) is 0 Å². The van der Waals surface area contributed by atoms with Gasteiger partial charge in [-0.25, -0.2) is 0 Å². The first-order valence-electron chi connectivity index (χ1n) is 6.45. The van der Waals surface area contributed by atoms with E-state index in [2.05, 4.69) is 45.0 Å². The standard InChI is InChI=1S/C13H28N2O/c1-6-14-11-7-8-16-9-12(11)15(5)10-13(2,3)4/h11-12,14H,6-10H2,1-5H3. The van der Waals surface area contributed by atoms with Gasteiger partial charge in [0.15, 0.2) is 0 Å². The van der Waals surface area contributed by atoms with Crippen LogP contribution < -0.4 is 5.32 Å². The Bertz CT molecular complexity index is 199. The summed E-state index contributed by atoms with van der Waals surface area (Å²) in [6.45, 7) is 13.0. The fourth-order valence-electron chi connectivity index (χ4n) is 2.52. The van der Waals surface area contributed by atoms with Crippen LogP contribution in [-0.2, 0) is 4.74 Å². The molecule has 96 valence electrons. The molecule has 3 nitrogen and oxygen atoms in total. The predicted molar refractivity (Wildman–Crippen MR) is 68.8 cm³/mol. The largest absolute Gasteiger partial charge is 0.380 e. The Hall–Kier alpha value is -0.120. The van der Waals surface area contributed by atoms with Crippen molar-refractivity contribution in [3.63, 3.8) is 0 Å². The van der Waals surface area contributed by atoms with Crippen LogP contribution in [0.5, 0.6) is 0 Å². The maximum atomic E-state index is 5.61. The van der Waals surface area contributed by atoms with Crippen LogP contribution in [0.2, 0.25) is 0 Å². The smallest absolute Gasteiger partial charge is 0.0636 e. The molecule has 16 heavy (non-hydrogen) atoms. The second-order valence-electron chi connectivity index (χ2n) is 6.07. The minimum absolute atomic E-state index is 0.350. The van der Waals surface area contributed by atoms with Crippen LogP contribution in [0.3, 0.4) is 0 Å². The summed E-state index contributed by atoms with van der Waals surface area (Å²) in [5.74, 6) is 0. The van der Waals surface area contributed by atoms with Gasteiger partial charge in [-0.3, -0.25) is 4.90 Å². The zero-order chi connectivity index (χ0) is 12.2. The lowest BCUT2D eigenvalue weighted by molar-refractivity contribution is -0.00269. The van der Waals surface area contributed by atoms with E-state index in [1.54, 1.807) is 0 Å². The summed E-state index contributed by atoms with van der Waals surface area (Å²) in [4.78, 5) is 2.45. The summed E-state index contributed by atoms with van der Waals surface area (Å²) in [7, 11) is 2.22. The molecular weight excluding hydrogens is 200 g/mol. The molecule has 1 heterocycles. The van der Waals surface area contributed by atoms with Gasteiger partial charge >= 0.3 is 0 Å². The Morgan fingerprint density at radius 1 is 1.38 bits per heavy atom. The first-order valence-corrected chi connectivity index (χ1v) is 6.45. The number of ether oxygens (including phenoxy) is 1. The van der Waals surface area contributed by atoms with Crippen molar-refractivity contribution in [2.45, 2.75) is 46.2 Å². The highest BCUT2D eigenvalue weighted by Gasteiger charge is 2.30. The number of nitrogens with zero attached hydrogens (tertiary/aromatic N) is 1. The molecule has 1 N–H and O–H groups in total. The Morgan fingerprint density at radius 3 is 2.62 bits per heavy atom. The topological polar surface area (TPSA) is 24.5 Å². The van der Waals surface area contributed by atoms with Gasteiger partial charge < -0.3 is 10.1 Å². The van der Waals surface area contributed by atoms with E-state index in [1.807, 2.05) is 0 Å². The van der Waals surface area contributed by atoms with Gasteiger partial charge in [-0.2, -0.15) is 0 Å². The summed E-state index contributed by atoms with van der Waals surface area (Å²) < 4.78 is 5.61. The van der Waals surface area contributed by atoms with Crippen molar-refractivity contribution in [1.82, 2.24) is 10.2 Å². The molecule has 0 aromatic rings. The molecular formula is C13H28N2O. The zero-order valence-electron chi connectivity index (χ0n) is 11.5. The molecule has 1 aliphatic rings. The van der Waals surface area contributed by atoms with Gasteiger partial charge in [0.25, 0.3) is 0 Å². The maximum absolute atomic E-state index is 5.61. The Labute approximate surface area is 101 Å². The van der Waals surface area contributed by atoms with E-state index in [-0.39, 0.29) is 0 Å². The molecule has 0 radical (unpaired) electrons. The van der Waals surface area contributed by atoms with Gasteiger partial charge in [0, 0.05) is 25.2 Å². The first kappa shape index (κ1) is 13.9. The van der Waals surface area contributed by atoms with E-state index in [9.17, 15) is 0 Å². The van der Waals surface area contributed by atoms with Crippen molar-refractivity contribution < 1.29 is 4.74 Å². The number of rotatable bonds is 4. The lowest BCUT2D eigenvalue weighted by Crippen LogP contribution is -2.55. The molecule has 0 saturated carbocycles. The third-order valence-corrected chi connectivity index (χ3v) is 3.08. The number of likely N-dealkylation sites (N-methyl/N-ethyl adjacent to an activating group) is 2. The van der Waals surface area contributed by atoms with Crippen molar-refractivity contribution in [2.75, 3.05) is 33.4 Å². The van der Waals surface area contributed by atoms with Crippen LogP contribution in [0.4, 0.5) is 0 Å². The average molecular weight is 228 g/mol. The number of hydrogen-bond acceptors (Lipinski definition) is 3. The van der Waals surface area contributed by atoms with E-state index in [1.165, 1.54) is 0 Å². The predicted octanol–water partition coefficient (Wildman–Crippen LogP) is 1.73. The monoisotopic (exact) mass is 228 g/mol. The molecule has 0 bridgehead atoms. The Kier molecular flexibility index (Phi) is 5.22. The van der Waals surface area contributed by atoms with Crippen LogP contribution in [-0.4, -0.2) is 50.3 Å². The normalized spacial score (nSPS) is 27.4. The van der Waals surface area contributed by atoms with Crippen LogP contribution in [0.25, 0.3) is 0 Å². The molecule has 0 aromatic heterocycles. The van der Waals surface area contributed by atoms with Crippen LogP contribution in [0.1, 0.15) is 34.1 Å². The van der Waals surface area contributed by atoms with Crippen molar-refractivity contribution in [3.05, 3.63) is 0 Å². The second-order valence-corrected chi connectivity index (χ2v) is 6.07. The summed E-state index contributed by atoms with van der Waals surface area (Å²) in [6.07, 6.45) is 1.13. The summed E-state index contributed by atoms with van der Waals surface area (Å²) >= 11 is 0. The molecule has 3 heteroatoms. The fraction of sp³-hybridized carbons (Fsp3) is 1.00. The van der Waals surface area contributed by atoms with Crippen molar-refractivity contribution in [3.8, 4) is 0 Å². The fourth-order valence-corrected chi connectivity index (χ4v) is 2.52. The third kappa shape index (κ3) is 4.40. The van der Waals surface area contributed by atoms with E-state index in [0.717, 1.165) is 32.7 Å². The minimum Gasteiger partial charge on any atom is -0.380 e. The minimum atomic E-state index is 0.350. The highest BCUT2D eigenvalue weighted by molar-refractivity contribution is 4.87. The molecule has 2 unspecified atom stereocenters. The molecule has 0 aromatic carbocycles. The number of nitrogens with one attached hydrogen (secondary N) is 1. The maximum Gasteiger partial charge on any atom is 0.0636 e.